The number of hydrogen-bond acceptors (Lipinski definition) is 2. The maximum absolute atomic E-state index is 5.41. The van der Waals surface area contributed by atoms with E-state index in [1.807, 2.05) is 0 Å². The van der Waals surface area contributed by atoms with Crippen LogP contribution in [0.25, 0.3) is 0 Å². The van der Waals surface area contributed by atoms with E-state index in [1.165, 1.54) is 32.5 Å². The van der Waals surface area contributed by atoms with Crippen molar-refractivity contribution in [2.45, 2.75) is 24.6 Å². The summed E-state index contributed by atoms with van der Waals surface area (Å²) in [6.07, 6.45) is 2.60. The minimum absolute atomic E-state index is 0.693. The number of likely N-dealkylation sites (tertiary alicyclic amines) is 1. The first-order valence-corrected chi connectivity index (χ1v) is 6.61. The second-order valence-corrected chi connectivity index (χ2v) is 5.95. The highest BCUT2D eigenvalue weighted by molar-refractivity contribution is 9.09. The number of hydrogen-bond donors (Lipinski definition) is 0. The molecule has 82 valence electrons. The molecule has 14 heavy (non-hydrogen) atoms. The van der Waals surface area contributed by atoms with Crippen molar-refractivity contribution < 1.29 is 4.74 Å². The van der Waals surface area contributed by atoms with Gasteiger partial charge in [0.05, 0.1) is 6.61 Å². The SMILES string of the molecule is CC1CCN(CC2CCOC2)CC1Br. The van der Waals surface area contributed by atoms with Gasteiger partial charge in [-0.3, -0.25) is 0 Å². The summed E-state index contributed by atoms with van der Waals surface area (Å²) in [4.78, 5) is 3.29. The van der Waals surface area contributed by atoms with Crippen molar-refractivity contribution in [1.82, 2.24) is 4.90 Å². The third-order valence-corrected chi connectivity index (χ3v) is 4.68. The number of piperidine rings is 1. The zero-order valence-corrected chi connectivity index (χ0v) is 10.5. The molecule has 2 aliphatic heterocycles. The van der Waals surface area contributed by atoms with Gasteiger partial charge in [-0.2, -0.15) is 0 Å². The van der Waals surface area contributed by atoms with Crippen molar-refractivity contribution in [1.29, 1.82) is 0 Å². The van der Waals surface area contributed by atoms with Gasteiger partial charge in [0.25, 0.3) is 0 Å². The summed E-state index contributed by atoms with van der Waals surface area (Å²) in [6.45, 7) is 8.05. The molecule has 2 heterocycles. The molecule has 0 saturated carbocycles. The third-order valence-electron chi connectivity index (χ3n) is 3.49. The highest BCUT2D eigenvalue weighted by Gasteiger charge is 2.26. The lowest BCUT2D eigenvalue weighted by Crippen LogP contribution is -2.42. The van der Waals surface area contributed by atoms with Crippen molar-refractivity contribution in [3.63, 3.8) is 0 Å². The van der Waals surface area contributed by atoms with E-state index in [9.17, 15) is 0 Å². The maximum atomic E-state index is 5.41. The Balaban J connectivity index is 1.75. The van der Waals surface area contributed by atoms with E-state index in [4.69, 9.17) is 4.74 Å². The molecule has 0 aromatic rings. The van der Waals surface area contributed by atoms with E-state index in [0.29, 0.717) is 4.83 Å². The molecule has 2 aliphatic rings. The van der Waals surface area contributed by atoms with E-state index in [2.05, 4.69) is 27.8 Å². The van der Waals surface area contributed by atoms with Gasteiger partial charge in [-0.25, -0.2) is 0 Å². The smallest absolute Gasteiger partial charge is 0.0507 e. The molecule has 0 aromatic heterocycles. The van der Waals surface area contributed by atoms with Crippen LogP contribution < -0.4 is 0 Å². The molecule has 2 saturated heterocycles. The molecule has 2 nitrogen and oxygen atoms in total. The zero-order valence-electron chi connectivity index (χ0n) is 8.92. The Labute approximate surface area is 95.1 Å². The molecule has 3 unspecified atom stereocenters. The molecule has 0 amide bonds. The van der Waals surface area contributed by atoms with E-state index < -0.39 is 0 Å². The Morgan fingerprint density at radius 1 is 1.43 bits per heavy atom. The monoisotopic (exact) mass is 261 g/mol. The fraction of sp³-hybridized carbons (Fsp3) is 1.00. The zero-order chi connectivity index (χ0) is 9.97. The predicted molar refractivity (Wildman–Crippen MR) is 61.9 cm³/mol. The molecule has 3 heteroatoms. The lowest BCUT2D eigenvalue weighted by atomic mass is 9.97. The van der Waals surface area contributed by atoms with Gasteiger partial charge in [0.1, 0.15) is 0 Å². The molecular weight excluding hydrogens is 242 g/mol. The van der Waals surface area contributed by atoms with Crippen LogP contribution in [0.15, 0.2) is 0 Å². The van der Waals surface area contributed by atoms with Gasteiger partial charge in [0.15, 0.2) is 0 Å². The summed E-state index contributed by atoms with van der Waals surface area (Å²) in [5, 5.41) is 0. The fourth-order valence-corrected chi connectivity index (χ4v) is 3.02. The Morgan fingerprint density at radius 2 is 2.29 bits per heavy atom. The molecule has 0 aromatic carbocycles. The lowest BCUT2D eigenvalue weighted by molar-refractivity contribution is 0.148. The van der Waals surface area contributed by atoms with Crippen molar-refractivity contribution in [3.8, 4) is 0 Å². The largest absolute Gasteiger partial charge is 0.381 e. The van der Waals surface area contributed by atoms with E-state index in [1.54, 1.807) is 0 Å². The number of rotatable bonds is 2. The first kappa shape index (κ1) is 10.9. The van der Waals surface area contributed by atoms with Gasteiger partial charge < -0.3 is 9.64 Å². The van der Waals surface area contributed by atoms with Gasteiger partial charge in [-0.15, -0.1) is 0 Å². The first-order valence-electron chi connectivity index (χ1n) is 5.70. The summed E-state index contributed by atoms with van der Waals surface area (Å²) in [7, 11) is 0. The summed E-state index contributed by atoms with van der Waals surface area (Å²) < 4.78 is 5.41. The molecule has 0 aliphatic carbocycles. The van der Waals surface area contributed by atoms with Crippen LogP contribution in [-0.2, 0) is 4.74 Å². The number of halogens is 1. The van der Waals surface area contributed by atoms with Crippen LogP contribution in [0.5, 0.6) is 0 Å². The van der Waals surface area contributed by atoms with E-state index >= 15 is 0 Å². The Morgan fingerprint density at radius 3 is 2.93 bits per heavy atom. The Hall–Kier alpha value is 0.400. The van der Waals surface area contributed by atoms with Crippen molar-refractivity contribution in [2.75, 3.05) is 32.8 Å². The average molecular weight is 262 g/mol. The highest BCUT2D eigenvalue weighted by Crippen LogP contribution is 2.25. The third kappa shape index (κ3) is 2.71. The molecule has 0 spiro atoms. The van der Waals surface area contributed by atoms with Crippen LogP contribution in [0.2, 0.25) is 0 Å². The summed E-state index contributed by atoms with van der Waals surface area (Å²) in [6, 6.07) is 0. The molecule has 3 atom stereocenters. The first-order chi connectivity index (χ1) is 6.75. The van der Waals surface area contributed by atoms with E-state index in [0.717, 1.165) is 25.0 Å². The predicted octanol–water partition coefficient (Wildman–Crippen LogP) is 2.13. The Kier molecular flexibility index (Phi) is 3.86. The van der Waals surface area contributed by atoms with Crippen LogP contribution in [-0.4, -0.2) is 42.6 Å². The molecule has 2 fully saturated rings. The second-order valence-electron chi connectivity index (χ2n) is 4.77. The van der Waals surface area contributed by atoms with Crippen LogP contribution in [0.4, 0.5) is 0 Å². The minimum Gasteiger partial charge on any atom is -0.381 e. The van der Waals surface area contributed by atoms with Crippen LogP contribution >= 0.6 is 15.9 Å². The van der Waals surface area contributed by atoms with Gasteiger partial charge in [0, 0.05) is 24.5 Å². The molecule has 0 bridgehead atoms. The van der Waals surface area contributed by atoms with Gasteiger partial charge in [0.2, 0.25) is 0 Å². The average Bonchev–Trinajstić information content (AvgIpc) is 2.64. The van der Waals surface area contributed by atoms with E-state index in [-0.39, 0.29) is 0 Å². The Bertz CT molecular complexity index is 182. The van der Waals surface area contributed by atoms with Gasteiger partial charge in [-0.05, 0) is 31.2 Å². The standard InChI is InChI=1S/C11H20BrNO/c1-9-2-4-13(7-11(9)12)6-10-3-5-14-8-10/h9-11H,2-8H2,1H3. The molecule has 2 rings (SSSR count). The van der Waals surface area contributed by atoms with Gasteiger partial charge >= 0.3 is 0 Å². The van der Waals surface area contributed by atoms with Crippen molar-refractivity contribution in [3.05, 3.63) is 0 Å². The van der Waals surface area contributed by atoms with Gasteiger partial charge in [-0.1, -0.05) is 22.9 Å². The maximum Gasteiger partial charge on any atom is 0.0507 e. The summed E-state index contributed by atoms with van der Waals surface area (Å²) in [5.74, 6) is 1.63. The second kappa shape index (κ2) is 4.95. The topological polar surface area (TPSA) is 12.5 Å². The summed E-state index contributed by atoms with van der Waals surface area (Å²) >= 11 is 3.77. The molecule has 0 radical (unpaired) electrons. The molecular formula is C11H20BrNO. The van der Waals surface area contributed by atoms with Crippen LogP contribution in [0.1, 0.15) is 19.8 Å². The number of ether oxygens (including phenoxy) is 1. The van der Waals surface area contributed by atoms with Crippen LogP contribution in [0, 0.1) is 11.8 Å². The molecule has 0 N–H and O–H groups in total. The quantitative estimate of drug-likeness (QED) is 0.707. The fourth-order valence-electron chi connectivity index (χ4n) is 2.34. The number of alkyl halides is 1. The van der Waals surface area contributed by atoms with Crippen molar-refractivity contribution >= 4 is 15.9 Å². The normalized spacial score (nSPS) is 40.3. The summed E-state index contributed by atoms with van der Waals surface area (Å²) in [5.41, 5.74) is 0. The van der Waals surface area contributed by atoms with Crippen molar-refractivity contribution in [2.24, 2.45) is 11.8 Å². The lowest BCUT2D eigenvalue weighted by Gasteiger charge is -2.35. The minimum atomic E-state index is 0.693. The number of nitrogens with zero attached hydrogens (tertiary/aromatic N) is 1. The van der Waals surface area contributed by atoms with Crippen LogP contribution in [0.3, 0.4) is 0 Å². The highest BCUT2D eigenvalue weighted by atomic mass is 79.9.